The summed E-state index contributed by atoms with van der Waals surface area (Å²) in [6.45, 7) is 4.89. The van der Waals surface area contributed by atoms with Crippen LogP contribution in [0, 0.1) is 5.92 Å². The van der Waals surface area contributed by atoms with Gasteiger partial charge in [0.15, 0.2) is 0 Å². The van der Waals surface area contributed by atoms with E-state index in [4.69, 9.17) is 9.41 Å². The van der Waals surface area contributed by atoms with Crippen LogP contribution in [0.1, 0.15) is 115 Å². The molecule has 1 fully saturated rings. The van der Waals surface area contributed by atoms with Gasteiger partial charge in [-0.05, 0) is 105 Å². The van der Waals surface area contributed by atoms with Crippen molar-refractivity contribution in [2.24, 2.45) is 10.9 Å². The average Bonchev–Trinajstić information content (AvgIpc) is 3.86. The zero-order valence-electron chi connectivity index (χ0n) is 33.4. The molecule has 0 amide bonds. The summed E-state index contributed by atoms with van der Waals surface area (Å²) in [5.41, 5.74) is 19.5. The number of allylic oxidation sites excluding steroid dienone is 6. The van der Waals surface area contributed by atoms with Gasteiger partial charge >= 0.3 is 0 Å². The van der Waals surface area contributed by atoms with E-state index in [0.717, 1.165) is 52.3 Å². The molecule has 284 valence electrons. The van der Waals surface area contributed by atoms with Gasteiger partial charge in [-0.25, -0.2) is 0 Å². The standard InChI is InChI=1S/C55H48N2O/c1-54(2)45-20-13-18-38(52(45)43-32-47-42(31-46(43)54)39-16-7-9-19-44(39)55(47)28-11-4-12-29-55)34-22-24-35(25-23-34)48-33-49(57-53(56-48)36-14-5-3-6-15-36)37-26-27-41-40-17-8-10-21-50(40)58-51(41)30-37/h3,5-7,9-10,13-16,18-27,30-33,42,47,53,56H,4,8,11-12,17,28-29H2,1-2H3. The molecule has 0 saturated heterocycles. The number of aryl methyl sites for hydroxylation is 1. The van der Waals surface area contributed by atoms with E-state index < -0.39 is 0 Å². The first-order chi connectivity index (χ1) is 28.5. The van der Waals surface area contributed by atoms with Crippen LogP contribution in [0.25, 0.3) is 39.4 Å². The fraction of sp³-hybridized carbons (Fsp3) is 0.255. The molecule has 5 aromatic carbocycles. The molecule has 12 rings (SSSR count). The number of hydrogen-bond donors (Lipinski definition) is 1. The highest BCUT2D eigenvalue weighted by Crippen LogP contribution is 2.64. The summed E-state index contributed by atoms with van der Waals surface area (Å²) in [5.74, 6) is 1.96. The van der Waals surface area contributed by atoms with Gasteiger partial charge in [0.2, 0.25) is 0 Å². The molecule has 3 nitrogen and oxygen atoms in total. The smallest absolute Gasteiger partial charge is 0.145 e. The molecule has 1 spiro atoms. The quantitative estimate of drug-likeness (QED) is 0.195. The molecule has 1 saturated carbocycles. The lowest BCUT2D eigenvalue weighted by molar-refractivity contribution is 0.233. The molecule has 5 aliphatic carbocycles. The molecule has 1 aliphatic heterocycles. The Bertz CT molecular complexity index is 2820. The average molecular weight is 753 g/mol. The molecule has 0 bridgehead atoms. The molecule has 6 aromatic rings. The number of nitrogens with zero attached hydrogens (tertiary/aromatic N) is 1. The van der Waals surface area contributed by atoms with Crippen molar-refractivity contribution in [3.8, 4) is 11.1 Å². The van der Waals surface area contributed by atoms with Crippen molar-refractivity contribution in [3.05, 3.63) is 195 Å². The van der Waals surface area contributed by atoms with Crippen molar-refractivity contribution < 1.29 is 4.42 Å². The first-order valence-electron chi connectivity index (χ1n) is 21.6. The number of aliphatic imine (C=N–C) groups is 1. The Kier molecular flexibility index (Phi) is 7.53. The summed E-state index contributed by atoms with van der Waals surface area (Å²) in [7, 11) is 0. The van der Waals surface area contributed by atoms with E-state index in [1.807, 2.05) is 0 Å². The number of fused-ring (bicyclic) bond motifs is 11. The van der Waals surface area contributed by atoms with E-state index in [2.05, 4.69) is 165 Å². The third-order valence-electron chi connectivity index (χ3n) is 14.7. The van der Waals surface area contributed by atoms with Gasteiger partial charge in [0.05, 0.1) is 5.71 Å². The predicted octanol–water partition coefficient (Wildman–Crippen LogP) is 13.4. The SMILES string of the molecule is CC1(C)C2=CC3c4ccccc4C4(CCCCC4)C3C=C2c2c(-c3ccc(C4=CC(c5ccc6c7c(oc6c5)C=CCC7)=NC(c5ccccc5)N4)cc3)cccc21. The third-order valence-corrected chi connectivity index (χ3v) is 14.7. The monoisotopic (exact) mass is 752 g/mol. The maximum Gasteiger partial charge on any atom is 0.145 e. The Morgan fingerprint density at radius 3 is 2.38 bits per heavy atom. The minimum atomic E-state index is -0.208. The molecule has 0 radical (unpaired) electrons. The summed E-state index contributed by atoms with van der Waals surface area (Å²) >= 11 is 0. The van der Waals surface area contributed by atoms with Gasteiger partial charge < -0.3 is 9.73 Å². The first-order valence-corrected chi connectivity index (χ1v) is 21.6. The third kappa shape index (κ3) is 5.01. The Morgan fingerprint density at radius 2 is 1.52 bits per heavy atom. The Hall–Kier alpha value is -5.93. The van der Waals surface area contributed by atoms with Gasteiger partial charge in [-0.1, -0.05) is 161 Å². The van der Waals surface area contributed by atoms with Gasteiger partial charge in [-0.3, -0.25) is 4.99 Å². The normalized spacial score (nSPS) is 23.1. The summed E-state index contributed by atoms with van der Waals surface area (Å²) < 4.78 is 6.36. The highest BCUT2D eigenvalue weighted by Gasteiger charge is 2.54. The van der Waals surface area contributed by atoms with Crippen molar-refractivity contribution in [1.29, 1.82) is 0 Å². The molecule has 58 heavy (non-hydrogen) atoms. The number of furan rings is 1. The minimum Gasteiger partial charge on any atom is -0.456 e. The van der Waals surface area contributed by atoms with Crippen molar-refractivity contribution in [3.63, 3.8) is 0 Å². The van der Waals surface area contributed by atoms with E-state index in [9.17, 15) is 0 Å². The van der Waals surface area contributed by atoms with Crippen LogP contribution in [-0.2, 0) is 17.3 Å². The zero-order valence-corrected chi connectivity index (χ0v) is 33.4. The second-order valence-electron chi connectivity index (χ2n) is 18.1. The number of rotatable bonds is 4. The van der Waals surface area contributed by atoms with Crippen molar-refractivity contribution >= 4 is 34.0 Å². The number of benzene rings is 5. The van der Waals surface area contributed by atoms with E-state index in [0.29, 0.717) is 11.8 Å². The van der Waals surface area contributed by atoms with Gasteiger partial charge in [-0.2, -0.15) is 0 Å². The molecule has 3 atom stereocenters. The lowest BCUT2D eigenvalue weighted by atomic mass is 9.62. The highest BCUT2D eigenvalue weighted by atomic mass is 16.3. The predicted molar refractivity (Wildman–Crippen MR) is 239 cm³/mol. The molecular weight excluding hydrogens is 705 g/mol. The van der Waals surface area contributed by atoms with Crippen LogP contribution in [0.2, 0.25) is 0 Å². The molecule has 3 unspecified atom stereocenters. The van der Waals surface area contributed by atoms with E-state index in [1.165, 1.54) is 76.5 Å². The topological polar surface area (TPSA) is 37.5 Å². The van der Waals surface area contributed by atoms with E-state index >= 15 is 0 Å². The maximum atomic E-state index is 6.36. The molecule has 3 heteroatoms. The lowest BCUT2D eigenvalue weighted by Crippen LogP contribution is -2.35. The van der Waals surface area contributed by atoms with Gasteiger partial charge in [0.1, 0.15) is 17.5 Å². The van der Waals surface area contributed by atoms with Crippen molar-refractivity contribution in [2.75, 3.05) is 0 Å². The molecule has 1 N–H and O–H groups in total. The zero-order chi connectivity index (χ0) is 38.6. The number of nitrogens with one attached hydrogen (secondary N) is 1. The summed E-state index contributed by atoms with van der Waals surface area (Å²) in [6.07, 6.45) is 20.5. The molecule has 1 aromatic heterocycles. The summed E-state index contributed by atoms with van der Waals surface area (Å²) in [5, 5.41) is 5.00. The number of hydrogen-bond acceptors (Lipinski definition) is 3. The van der Waals surface area contributed by atoms with Crippen LogP contribution in [0.15, 0.2) is 155 Å². The Morgan fingerprint density at radius 1 is 0.741 bits per heavy atom. The van der Waals surface area contributed by atoms with Gasteiger partial charge in [0, 0.05) is 39.0 Å². The Balaban J connectivity index is 0.925. The first kappa shape index (κ1) is 34.1. The molecule has 2 heterocycles. The van der Waals surface area contributed by atoms with Crippen LogP contribution in [0.3, 0.4) is 0 Å². The second kappa shape index (κ2) is 12.8. The van der Waals surface area contributed by atoms with Gasteiger partial charge in [0.25, 0.3) is 0 Å². The van der Waals surface area contributed by atoms with Gasteiger partial charge in [-0.15, -0.1) is 0 Å². The highest BCUT2D eigenvalue weighted by molar-refractivity contribution is 6.14. The Labute approximate surface area is 341 Å². The molecule has 6 aliphatic rings. The summed E-state index contributed by atoms with van der Waals surface area (Å²) in [4.78, 5) is 5.27. The fourth-order valence-corrected chi connectivity index (χ4v) is 11.9. The van der Waals surface area contributed by atoms with E-state index in [-0.39, 0.29) is 17.0 Å². The largest absolute Gasteiger partial charge is 0.456 e. The van der Waals surface area contributed by atoms with Crippen LogP contribution >= 0.6 is 0 Å². The van der Waals surface area contributed by atoms with Crippen molar-refractivity contribution in [1.82, 2.24) is 5.32 Å². The second-order valence-corrected chi connectivity index (χ2v) is 18.1. The maximum absolute atomic E-state index is 6.36. The minimum absolute atomic E-state index is 0.0625. The van der Waals surface area contributed by atoms with Crippen LogP contribution in [0.4, 0.5) is 0 Å². The van der Waals surface area contributed by atoms with Crippen LogP contribution in [-0.4, -0.2) is 5.71 Å². The summed E-state index contributed by atoms with van der Waals surface area (Å²) in [6, 6.07) is 42.9. The fourth-order valence-electron chi connectivity index (χ4n) is 11.9. The van der Waals surface area contributed by atoms with E-state index in [1.54, 1.807) is 11.1 Å². The lowest BCUT2D eigenvalue weighted by Gasteiger charge is -2.42. The van der Waals surface area contributed by atoms with Crippen LogP contribution < -0.4 is 5.32 Å². The van der Waals surface area contributed by atoms with Crippen molar-refractivity contribution in [2.45, 2.75) is 81.7 Å². The molecular formula is C55H48N2O. The van der Waals surface area contributed by atoms with Crippen LogP contribution in [0.5, 0.6) is 0 Å².